The summed E-state index contributed by atoms with van der Waals surface area (Å²) in [6, 6.07) is 1.69. The molecule has 2 rings (SSSR count). The van der Waals surface area contributed by atoms with E-state index in [-0.39, 0.29) is 11.9 Å². The number of amides is 1. The molecule has 0 saturated carbocycles. The SMILES string of the molecule is CCNc1ccncc1C(=O)NC(C)c1ncc(CC)s1. The Balaban J connectivity index is 2.10. The van der Waals surface area contributed by atoms with E-state index in [1.807, 2.05) is 26.1 Å². The summed E-state index contributed by atoms with van der Waals surface area (Å²) in [5.41, 5.74) is 1.35. The lowest BCUT2D eigenvalue weighted by molar-refractivity contribution is 0.0940. The highest BCUT2D eigenvalue weighted by Crippen LogP contribution is 2.21. The molecule has 0 aliphatic carbocycles. The first-order valence-corrected chi connectivity index (χ1v) is 7.90. The molecule has 5 nitrogen and oxygen atoms in total. The number of hydrogen-bond donors (Lipinski definition) is 2. The summed E-state index contributed by atoms with van der Waals surface area (Å²) in [6.07, 6.45) is 6.09. The summed E-state index contributed by atoms with van der Waals surface area (Å²) in [4.78, 5) is 22.0. The average molecular weight is 304 g/mol. The highest BCUT2D eigenvalue weighted by Gasteiger charge is 2.16. The fraction of sp³-hybridized carbons (Fsp3) is 0.400. The first-order valence-electron chi connectivity index (χ1n) is 7.09. The standard InChI is InChI=1S/C15H20N4OS/c1-4-11-8-18-15(21-11)10(3)19-14(20)12-9-16-7-6-13(12)17-5-2/h6-10H,4-5H2,1-3H3,(H,16,17)(H,19,20). The van der Waals surface area contributed by atoms with E-state index in [0.29, 0.717) is 5.56 Å². The van der Waals surface area contributed by atoms with Crippen molar-refractivity contribution in [3.05, 3.63) is 40.1 Å². The Labute approximate surface area is 128 Å². The molecule has 2 aromatic rings. The van der Waals surface area contributed by atoms with Crippen LogP contribution in [0.3, 0.4) is 0 Å². The van der Waals surface area contributed by atoms with Gasteiger partial charge in [-0.25, -0.2) is 4.98 Å². The monoisotopic (exact) mass is 304 g/mol. The summed E-state index contributed by atoms with van der Waals surface area (Å²) in [6.45, 7) is 6.79. The lowest BCUT2D eigenvalue weighted by Crippen LogP contribution is -2.27. The molecule has 0 radical (unpaired) electrons. The Morgan fingerprint density at radius 2 is 2.19 bits per heavy atom. The van der Waals surface area contributed by atoms with Crippen molar-refractivity contribution >= 4 is 22.9 Å². The maximum atomic E-state index is 12.4. The zero-order chi connectivity index (χ0) is 15.2. The summed E-state index contributed by atoms with van der Waals surface area (Å²) < 4.78 is 0. The topological polar surface area (TPSA) is 66.9 Å². The number of hydrogen-bond acceptors (Lipinski definition) is 5. The number of aromatic nitrogens is 2. The van der Waals surface area contributed by atoms with E-state index in [1.165, 1.54) is 4.88 Å². The first-order chi connectivity index (χ1) is 10.2. The van der Waals surface area contributed by atoms with Crippen LogP contribution in [0.1, 0.15) is 47.1 Å². The van der Waals surface area contributed by atoms with Crippen molar-refractivity contribution in [1.29, 1.82) is 0 Å². The Morgan fingerprint density at radius 1 is 1.38 bits per heavy atom. The minimum absolute atomic E-state index is 0.113. The molecule has 112 valence electrons. The zero-order valence-corrected chi connectivity index (χ0v) is 13.3. The van der Waals surface area contributed by atoms with Crippen molar-refractivity contribution in [3.63, 3.8) is 0 Å². The molecule has 1 amide bonds. The minimum Gasteiger partial charge on any atom is -0.385 e. The molecule has 6 heteroatoms. The number of nitrogens with zero attached hydrogens (tertiary/aromatic N) is 2. The minimum atomic E-state index is -0.139. The highest BCUT2D eigenvalue weighted by atomic mass is 32.1. The third kappa shape index (κ3) is 3.78. The number of carbonyl (C=O) groups is 1. The Bertz CT molecular complexity index is 611. The zero-order valence-electron chi connectivity index (χ0n) is 12.5. The molecular weight excluding hydrogens is 284 g/mol. The van der Waals surface area contributed by atoms with Gasteiger partial charge in [-0.1, -0.05) is 6.92 Å². The normalized spacial score (nSPS) is 12.0. The van der Waals surface area contributed by atoms with Gasteiger partial charge >= 0.3 is 0 Å². The maximum Gasteiger partial charge on any atom is 0.255 e. The van der Waals surface area contributed by atoms with E-state index in [9.17, 15) is 4.79 Å². The van der Waals surface area contributed by atoms with Gasteiger partial charge in [0.15, 0.2) is 0 Å². The second kappa shape index (κ2) is 7.17. The molecule has 0 fully saturated rings. The molecule has 0 aliphatic heterocycles. The van der Waals surface area contributed by atoms with E-state index in [4.69, 9.17) is 0 Å². The van der Waals surface area contributed by atoms with Crippen LogP contribution in [-0.4, -0.2) is 22.4 Å². The van der Waals surface area contributed by atoms with Gasteiger partial charge in [-0.3, -0.25) is 9.78 Å². The first kappa shape index (κ1) is 15.4. The van der Waals surface area contributed by atoms with Crippen LogP contribution in [0.25, 0.3) is 0 Å². The summed E-state index contributed by atoms with van der Waals surface area (Å²) in [5.74, 6) is -0.139. The highest BCUT2D eigenvalue weighted by molar-refractivity contribution is 7.11. The molecule has 0 aliphatic rings. The van der Waals surface area contributed by atoms with Crippen molar-refractivity contribution in [3.8, 4) is 0 Å². The molecule has 0 saturated heterocycles. The number of anilines is 1. The quantitative estimate of drug-likeness (QED) is 0.861. The van der Waals surface area contributed by atoms with Gasteiger partial charge in [0.05, 0.1) is 17.3 Å². The lowest BCUT2D eigenvalue weighted by Gasteiger charge is -2.14. The van der Waals surface area contributed by atoms with Gasteiger partial charge < -0.3 is 10.6 Å². The predicted molar refractivity (Wildman–Crippen MR) is 85.8 cm³/mol. The van der Waals surface area contributed by atoms with Gasteiger partial charge in [0.1, 0.15) is 5.01 Å². The molecule has 2 heterocycles. The third-order valence-electron chi connectivity index (χ3n) is 3.07. The summed E-state index contributed by atoms with van der Waals surface area (Å²) in [7, 11) is 0. The Kier molecular flexibility index (Phi) is 5.27. The van der Waals surface area contributed by atoms with Crippen molar-refractivity contribution in [2.75, 3.05) is 11.9 Å². The molecule has 1 atom stereocenters. The molecule has 0 spiro atoms. The summed E-state index contributed by atoms with van der Waals surface area (Å²) >= 11 is 1.64. The Morgan fingerprint density at radius 3 is 2.86 bits per heavy atom. The van der Waals surface area contributed by atoms with Crippen LogP contribution in [0.15, 0.2) is 24.7 Å². The molecule has 0 aromatic carbocycles. The number of aryl methyl sites for hydroxylation is 1. The van der Waals surface area contributed by atoms with Crippen LogP contribution < -0.4 is 10.6 Å². The van der Waals surface area contributed by atoms with Crippen LogP contribution in [0.4, 0.5) is 5.69 Å². The van der Waals surface area contributed by atoms with E-state index >= 15 is 0 Å². The fourth-order valence-electron chi connectivity index (χ4n) is 1.94. The van der Waals surface area contributed by atoms with Gasteiger partial charge in [0, 0.05) is 30.0 Å². The number of thiazole rings is 1. The molecule has 21 heavy (non-hydrogen) atoms. The van der Waals surface area contributed by atoms with Gasteiger partial charge in [-0.2, -0.15) is 0 Å². The second-order valence-electron chi connectivity index (χ2n) is 4.67. The Hall–Kier alpha value is -1.95. The van der Waals surface area contributed by atoms with Crippen LogP contribution in [-0.2, 0) is 6.42 Å². The van der Waals surface area contributed by atoms with Crippen LogP contribution in [0, 0.1) is 0 Å². The van der Waals surface area contributed by atoms with Gasteiger partial charge in [0.2, 0.25) is 0 Å². The van der Waals surface area contributed by atoms with E-state index < -0.39 is 0 Å². The molecule has 1 unspecified atom stereocenters. The fourth-order valence-corrected chi connectivity index (χ4v) is 2.80. The number of pyridine rings is 1. The van der Waals surface area contributed by atoms with E-state index in [1.54, 1.807) is 23.7 Å². The van der Waals surface area contributed by atoms with Crippen molar-refractivity contribution in [1.82, 2.24) is 15.3 Å². The number of rotatable bonds is 6. The molecule has 2 N–H and O–H groups in total. The molecule has 0 bridgehead atoms. The smallest absolute Gasteiger partial charge is 0.255 e. The summed E-state index contributed by atoms with van der Waals surface area (Å²) in [5, 5.41) is 7.07. The third-order valence-corrected chi connectivity index (χ3v) is 4.40. The van der Waals surface area contributed by atoms with Crippen molar-refractivity contribution in [2.24, 2.45) is 0 Å². The molecule has 2 aromatic heterocycles. The number of nitrogens with one attached hydrogen (secondary N) is 2. The van der Waals surface area contributed by atoms with E-state index in [0.717, 1.165) is 23.7 Å². The van der Waals surface area contributed by atoms with Gasteiger partial charge in [-0.15, -0.1) is 11.3 Å². The molecular formula is C15H20N4OS. The average Bonchev–Trinajstić information content (AvgIpc) is 2.97. The van der Waals surface area contributed by atoms with Crippen LogP contribution >= 0.6 is 11.3 Å². The van der Waals surface area contributed by atoms with E-state index in [2.05, 4.69) is 27.5 Å². The van der Waals surface area contributed by atoms with Gasteiger partial charge in [-0.05, 0) is 26.3 Å². The lowest BCUT2D eigenvalue weighted by atomic mass is 10.2. The predicted octanol–water partition coefficient (Wildman–Crippen LogP) is 3.02. The van der Waals surface area contributed by atoms with Crippen molar-refractivity contribution < 1.29 is 4.79 Å². The maximum absolute atomic E-state index is 12.4. The number of carbonyl (C=O) groups excluding carboxylic acids is 1. The largest absolute Gasteiger partial charge is 0.385 e. The van der Waals surface area contributed by atoms with Gasteiger partial charge in [0.25, 0.3) is 5.91 Å². The second-order valence-corrected chi connectivity index (χ2v) is 5.81. The van der Waals surface area contributed by atoms with Crippen LogP contribution in [0.2, 0.25) is 0 Å². The van der Waals surface area contributed by atoms with Crippen molar-refractivity contribution in [2.45, 2.75) is 33.2 Å². The van der Waals surface area contributed by atoms with Crippen LogP contribution in [0.5, 0.6) is 0 Å².